The number of rotatable bonds is 2. The molecule has 0 aromatic carbocycles. The molecule has 1 saturated carbocycles. The third-order valence-corrected chi connectivity index (χ3v) is 3.88. The number of hydrogen-bond donors (Lipinski definition) is 2. The van der Waals surface area contributed by atoms with Crippen molar-refractivity contribution in [3.63, 3.8) is 0 Å². The second-order valence-electron chi connectivity index (χ2n) is 5.83. The lowest BCUT2D eigenvalue weighted by Crippen LogP contribution is -2.44. The van der Waals surface area contributed by atoms with E-state index in [9.17, 15) is 9.59 Å². The van der Waals surface area contributed by atoms with E-state index >= 15 is 0 Å². The largest absolute Gasteiger partial charge is 0.480 e. The van der Waals surface area contributed by atoms with Crippen molar-refractivity contribution in [3.8, 4) is 0 Å². The first-order chi connectivity index (χ1) is 7.20. The normalized spacial score (nSPS) is 21.7. The van der Waals surface area contributed by atoms with E-state index in [2.05, 4.69) is 20.8 Å². The van der Waals surface area contributed by atoms with E-state index in [4.69, 9.17) is 10.2 Å². The minimum absolute atomic E-state index is 0.128. The zero-order valence-electron chi connectivity index (χ0n) is 10.1. The van der Waals surface area contributed by atoms with Gasteiger partial charge in [0.1, 0.15) is 0 Å². The van der Waals surface area contributed by atoms with Gasteiger partial charge in [-0.05, 0) is 37.0 Å². The Morgan fingerprint density at radius 3 is 1.69 bits per heavy atom. The maximum absolute atomic E-state index is 11.1. The predicted octanol–water partition coefficient (Wildman–Crippen LogP) is 2.38. The lowest BCUT2D eigenvalue weighted by molar-refractivity contribution is -0.168. The van der Waals surface area contributed by atoms with Gasteiger partial charge in [-0.1, -0.05) is 20.8 Å². The molecule has 1 fully saturated rings. The fraction of sp³-hybridized carbons (Fsp3) is 0.833. The highest BCUT2D eigenvalue weighted by molar-refractivity contribution is 5.98. The van der Waals surface area contributed by atoms with Crippen molar-refractivity contribution in [2.75, 3.05) is 0 Å². The summed E-state index contributed by atoms with van der Waals surface area (Å²) in [6, 6.07) is 0. The molecule has 2 N–H and O–H groups in total. The first-order valence-corrected chi connectivity index (χ1v) is 5.67. The number of hydrogen-bond acceptors (Lipinski definition) is 2. The first kappa shape index (κ1) is 13.0. The van der Waals surface area contributed by atoms with Crippen LogP contribution in [0.3, 0.4) is 0 Å². The molecule has 4 nitrogen and oxygen atoms in total. The average molecular weight is 228 g/mol. The van der Waals surface area contributed by atoms with Crippen molar-refractivity contribution in [1.29, 1.82) is 0 Å². The molecule has 16 heavy (non-hydrogen) atoms. The molecule has 0 heterocycles. The summed E-state index contributed by atoms with van der Waals surface area (Å²) in [5.74, 6) is -1.96. The Bertz CT molecular complexity index is 277. The molecular formula is C12H20O4. The third-order valence-electron chi connectivity index (χ3n) is 3.88. The van der Waals surface area contributed by atoms with E-state index in [-0.39, 0.29) is 18.3 Å². The Balaban J connectivity index is 2.79. The van der Waals surface area contributed by atoms with Gasteiger partial charge in [-0.2, -0.15) is 0 Å². The summed E-state index contributed by atoms with van der Waals surface area (Å²) < 4.78 is 0. The highest BCUT2D eigenvalue weighted by Gasteiger charge is 2.50. The van der Waals surface area contributed by atoms with Crippen LogP contribution in [-0.4, -0.2) is 22.2 Å². The van der Waals surface area contributed by atoms with Crippen LogP contribution in [0.15, 0.2) is 0 Å². The maximum atomic E-state index is 11.1. The second kappa shape index (κ2) is 4.07. The van der Waals surface area contributed by atoms with Crippen LogP contribution < -0.4 is 0 Å². The van der Waals surface area contributed by atoms with E-state index < -0.39 is 17.4 Å². The Labute approximate surface area is 95.7 Å². The molecule has 0 radical (unpaired) electrons. The first-order valence-electron chi connectivity index (χ1n) is 5.67. The molecule has 0 aliphatic heterocycles. The topological polar surface area (TPSA) is 74.6 Å². The van der Waals surface area contributed by atoms with E-state index in [1.165, 1.54) is 0 Å². The van der Waals surface area contributed by atoms with Crippen LogP contribution in [0.1, 0.15) is 46.5 Å². The maximum Gasteiger partial charge on any atom is 0.321 e. The van der Waals surface area contributed by atoms with Crippen molar-refractivity contribution in [3.05, 3.63) is 0 Å². The lowest BCUT2D eigenvalue weighted by Gasteiger charge is -2.39. The summed E-state index contributed by atoms with van der Waals surface area (Å²) in [6.07, 6.45) is 1.86. The van der Waals surface area contributed by atoms with E-state index in [1.54, 1.807) is 0 Å². The third kappa shape index (κ3) is 2.20. The Kier molecular flexibility index (Phi) is 3.31. The van der Waals surface area contributed by atoms with Crippen LogP contribution in [0, 0.1) is 16.7 Å². The smallest absolute Gasteiger partial charge is 0.321 e. The molecule has 0 amide bonds. The summed E-state index contributed by atoms with van der Waals surface area (Å²) in [4.78, 5) is 22.2. The SMILES string of the molecule is CC(C)(C)C1CCC(C(=O)O)(C(=O)O)CC1. The van der Waals surface area contributed by atoms with Gasteiger partial charge >= 0.3 is 11.9 Å². The van der Waals surface area contributed by atoms with Crippen LogP contribution >= 0.6 is 0 Å². The van der Waals surface area contributed by atoms with Gasteiger partial charge in [-0.3, -0.25) is 9.59 Å². The Morgan fingerprint density at radius 1 is 1.06 bits per heavy atom. The van der Waals surface area contributed by atoms with Gasteiger partial charge in [0.15, 0.2) is 5.41 Å². The Morgan fingerprint density at radius 2 is 1.44 bits per heavy atom. The fourth-order valence-corrected chi connectivity index (χ4v) is 2.50. The highest BCUT2D eigenvalue weighted by atomic mass is 16.4. The summed E-state index contributed by atoms with van der Waals surface area (Å²) in [7, 11) is 0. The number of aliphatic carboxylic acids is 2. The van der Waals surface area contributed by atoms with Gasteiger partial charge in [0, 0.05) is 0 Å². The lowest BCUT2D eigenvalue weighted by atomic mass is 9.64. The molecule has 0 unspecified atom stereocenters. The standard InChI is InChI=1S/C12H20O4/c1-11(2,3)8-4-6-12(7-5-8,9(13)14)10(15)16/h8H,4-7H2,1-3H3,(H,13,14)(H,15,16). The van der Waals surface area contributed by atoms with Crippen LogP contribution in [-0.2, 0) is 9.59 Å². The second-order valence-corrected chi connectivity index (χ2v) is 5.83. The summed E-state index contributed by atoms with van der Waals surface area (Å²) in [5.41, 5.74) is -1.41. The molecule has 0 saturated heterocycles. The van der Waals surface area contributed by atoms with Gasteiger partial charge in [-0.15, -0.1) is 0 Å². The number of carboxylic acid groups (broad SMARTS) is 2. The summed E-state index contributed by atoms with van der Waals surface area (Å²) in [5, 5.41) is 18.1. The van der Waals surface area contributed by atoms with Gasteiger partial charge in [0.25, 0.3) is 0 Å². The fourth-order valence-electron chi connectivity index (χ4n) is 2.50. The van der Waals surface area contributed by atoms with E-state index in [0.717, 1.165) is 0 Å². The highest BCUT2D eigenvalue weighted by Crippen LogP contribution is 2.45. The molecule has 0 atom stereocenters. The predicted molar refractivity (Wildman–Crippen MR) is 59.1 cm³/mol. The van der Waals surface area contributed by atoms with Crippen LogP contribution in [0.5, 0.6) is 0 Å². The van der Waals surface area contributed by atoms with Crippen LogP contribution in [0.2, 0.25) is 0 Å². The average Bonchev–Trinajstić information content (AvgIpc) is 2.15. The molecular weight excluding hydrogens is 208 g/mol. The number of carboxylic acids is 2. The quantitative estimate of drug-likeness (QED) is 0.711. The molecule has 4 heteroatoms. The summed E-state index contributed by atoms with van der Waals surface area (Å²) >= 11 is 0. The molecule has 0 aromatic rings. The van der Waals surface area contributed by atoms with Gasteiger partial charge < -0.3 is 10.2 Å². The minimum atomic E-state index is -1.54. The molecule has 1 rings (SSSR count). The van der Waals surface area contributed by atoms with Crippen molar-refractivity contribution in [2.45, 2.75) is 46.5 Å². The van der Waals surface area contributed by atoms with Gasteiger partial charge in [0.2, 0.25) is 0 Å². The number of carbonyl (C=O) groups is 2. The van der Waals surface area contributed by atoms with E-state index in [0.29, 0.717) is 18.8 Å². The molecule has 0 spiro atoms. The van der Waals surface area contributed by atoms with Gasteiger partial charge in [0.05, 0.1) is 0 Å². The van der Waals surface area contributed by atoms with Gasteiger partial charge in [-0.25, -0.2) is 0 Å². The van der Waals surface area contributed by atoms with Crippen molar-refractivity contribution < 1.29 is 19.8 Å². The molecule has 1 aliphatic rings. The monoisotopic (exact) mass is 228 g/mol. The molecule has 0 bridgehead atoms. The molecule has 92 valence electrons. The Hall–Kier alpha value is -1.06. The summed E-state index contributed by atoms with van der Waals surface area (Å²) in [6.45, 7) is 6.35. The zero-order chi connectivity index (χ0) is 12.6. The molecule has 1 aliphatic carbocycles. The van der Waals surface area contributed by atoms with E-state index in [1.807, 2.05) is 0 Å². The van der Waals surface area contributed by atoms with Crippen molar-refractivity contribution >= 4 is 11.9 Å². The van der Waals surface area contributed by atoms with Crippen molar-refractivity contribution in [2.24, 2.45) is 16.7 Å². The van der Waals surface area contributed by atoms with Crippen molar-refractivity contribution in [1.82, 2.24) is 0 Å². The van der Waals surface area contributed by atoms with Crippen LogP contribution in [0.25, 0.3) is 0 Å². The minimum Gasteiger partial charge on any atom is -0.480 e. The zero-order valence-corrected chi connectivity index (χ0v) is 10.1. The molecule has 0 aromatic heterocycles. The van der Waals surface area contributed by atoms with Crippen LogP contribution in [0.4, 0.5) is 0 Å².